The Labute approximate surface area is 146 Å². The molecule has 1 amide bonds. The number of piperidine rings is 1. The minimum Gasteiger partial charge on any atom is -0.352 e. The van der Waals surface area contributed by atoms with Crippen molar-refractivity contribution in [3.05, 3.63) is 17.0 Å². The monoisotopic (exact) mass is 342 g/mol. The van der Waals surface area contributed by atoms with E-state index < -0.39 is 0 Å². The molecule has 1 aliphatic rings. The molecule has 2 unspecified atom stereocenters. The Kier molecular flexibility index (Phi) is 7.55. The van der Waals surface area contributed by atoms with Crippen molar-refractivity contribution in [3.63, 3.8) is 0 Å². The van der Waals surface area contributed by atoms with Gasteiger partial charge in [-0.15, -0.1) is 12.4 Å². The fourth-order valence-corrected chi connectivity index (χ4v) is 3.11. The highest BCUT2D eigenvalue weighted by atomic mass is 35.5. The molecule has 0 aromatic carbocycles. The topological polar surface area (TPSA) is 59.0 Å². The Bertz CT molecular complexity index is 527. The molecule has 0 spiro atoms. The van der Waals surface area contributed by atoms with E-state index in [1.807, 2.05) is 11.6 Å². The van der Waals surface area contributed by atoms with Crippen LogP contribution in [0.3, 0.4) is 0 Å². The van der Waals surface area contributed by atoms with Gasteiger partial charge in [0.05, 0.1) is 12.1 Å². The van der Waals surface area contributed by atoms with Gasteiger partial charge in [-0.1, -0.05) is 20.8 Å². The fourth-order valence-electron chi connectivity index (χ4n) is 3.11. The van der Waals surface area contributed by atoms with Gasteiger partial charge >= 0.3 is 0 Å². The van der Waals surface area contributed by atoms with Gasteiger partial charge < -0.3 is 10.6 Å². The lowest BCUT2D eigenvalue weighted by Gasteiger charge is -2.30. The van der Waals surface area contributed by atoms with Crippen LogP contribution in [0, 0.1) is 25.7 Å². The van der Waals surface area contributed by atoms with Crippen LogP contribution in [-0.4, -0.2) is 34.8 Å². The summed E-state index contributed by atoms with van der Waals surface area (Å²) >= 11 is 0. The van der Waals surface area contributed by atoms with E-state index in [-0.39, 0.29) is 24.4 Å². The SMILES string of the molecule is Cc1nn(CC(C)C)c(C)c1CC(=O)NC1CNCCC1C.Cl. The first kappa shape index (κ1) is 20.0. The molecule has 1 aromatic rings. The van der Waals surface area contributed by atoms with E-state index in [4.69, 9.17) is 0 Å². The zero-order chi connectivity index (χ0) is 16.3. The summed E-state index contributed by atoms with van der Waals surface area (Å²) in [5.41, 5.74) is 3.17. The van der Waals surface area contributed by atoms with Gasteiger partial charge in [-0.05, 0) is 38.6 Å². The number of hydrogen-bond acceptors (Lipinski definition) is 3. The van der Waals surface area contributed by atoms with Crippen molar-refractivity contribution >= 4 is 18.3 Å². The highest BCUT2D eigenvalue weighted by Crippen LogP contribution is 2.16. The predicted molar refractivity (Wildman–Crippen MR) is 96.1 cm³/mol. The van der Waals surface area contributed by atoms with Crippen LogP contribution in [0.5, 0.6) is 0 Å². The second kappa shape index (κ2) is 8.69. The number of nitrogens with zero attached hydrogens (tertiary/aromatic N) is 2. The Morgan fingerprint density at radius 2 is 2.13 bits per heavy atom. The van der Waals surface area contributed by atoms with E-state index in [2.05, 4.69) is 43.4 Å². The van der Waals surface area contributed by atoms with Gasteiger partial charge in [0, 0.05) is 30.4 Å². The average molecular weight is 343 g/mol. The highest BCUT2D eigenvalue weighted by Gasteiger charge is 2.23. The van der Waals surface area contributed by atoms with Crippen LogP contribution in [0.4, 0.5) is 0 Å². The Morgan fingerprint density at radius 3 is 2.74 bits per heavy atom. The number of aryl methyl sites for hydroxylation is 1. The van der Waals surface area contributed by atoms with Gasteiger partial charge in [-0.3, -0.25) is 9.48 Å². The van der Waals surface area contributed by atoms with Crippen molar-refractivity contribution in [1.29, 1.82) is 0 Å². The molecule has 132 valence electrons. The van der Waals surface area contributed by atoms with Crippen LogP contribution in [0.2, 0.25) is 0 Å². The summed E-state index contributed by atoms with van der Waals surface area (Å²) in [6, 6.07) is 0.243. The number of halogens is 1. The first-order chi connectivity index (χ1) is 10.4. The minimum atomic E-state index is 0. The third kappa shape index (κ3) is 5.21. The zero-order valence-corrected chi connectivity index (χ0v) is 15.8. The molecule has 23 heavy (non-hydrogen) atoms. The quantitative estimate of drug-likeness (QED) is 0.862. The molecule has 0 radical (unpaired) electrons. The number of carbonyl (C=O) groups excluding carboxylic acids is 1. The number of hydrogen-bond donors (Lipinski definition) is 2. The Balaban J connectivity index is 0.00000264. The predicted octanol–water partition coefficient (Wildman–Crippen LogP) is 2.23. The third-order valence-corrected chi connectivity index (χ3v) is 4.58. The molecule has 1 aromatic heterocycles. The summed E-state index contributed by atoms with van der Waals surface area (Å²) in [5.74, 6) is 1.20. The van der Waals surface area contributed by atoms with Crippen LogP contribution in [-0.2, 0) is 17.8 Å². The molecule has 1 saturated heterocycles. The van der Waals surface area contributed by atoms with Gasteiger partial charge in [-0.25, -0.2) is 0 Å². The van der Waals surface area contributed by atoms with Gasteiger partial charge in [-0.2, -0.15) is 5.10 Å². The van der Waals surface area contributed by atoms with E-state index in [9.17, 15) is 4.79 Å². The average Bonchev–Trinajstić information content (AvgIpc) is 2.68. The van der Waals surface area contributed by atoms with Crippen molar-refractivity contribution in [2.75, 3.05) is 13.1 Å². The molecule has 2 rings (SSSR count). The lowest BCUT2D eigenvalue weighted by molar-refractivity contribution is -0.121. The molecule has 5 nitrogen and oxygen atoms in total. The van der Waals surface area contributed by atoms with Crippen LogP contribution in [0.1, 0.15) is 44.1 Å². The van der Waals surface area contributed by atoms with Gasteiger partial charge in [0.15, 0.2) is 0 Å². The molecule has 1 fully saturated rings. The molecule has 0 saturated carbocycles. The van der Waals surface area contributed by atoms with E-state index >= 15 is 0 Å². The Hall–Kier alpha value is -1.07. The number of rotatable bonds is 5. The Morgan fingerprint density at radius 1 is 1.43 bits per heavy atom. The van der Waals surface area contributed by atoms with Crippen LogP contribution in [0.25, 0.3) is 0 Å². The number of nitrogens with one attached hydrogen (secondary N) is 2. The maximum Gasteiger partial charge on any atom is 0.224 e. The van der Waals surface area contributed by atoms with Gasteiger partial charge in [0.1, 0.15) is 0 Å². The lowest BCUT2D eigenvalue weighted by Crippen LogP contribution is -2.50. The zero-order valence-electron chi connectivity index (χ0n) is 15.0. The van der Waals surface area contributed by atoms with Crippen molar-refractivity contribution in [2.45, 2.75) is 60.0 Å². The molecule has 6 heteroatoms. The highest BCUT2D eigenvalue weighted by molar-refractivity contribution is 5.85. The van der Waals surface area contributed by atoms with Crippen LogP contribution >= 0.6 is 12.4 Å². The molecular formula is C17H31ClN4O. The summed E-state index contributed by atoms with van der Waals surface area (Å²) in [6.45, 7) is 13.5. The van der Waals surface area contributed by atoms with Crippen LogP contribution < -0.4 is 10.6 Å². The summed E-state index contributed by atoms with van der Waals surface area (Å²) in [4.78, 5) is 12.4. The van der Waals surface area contributed by atoms with Crippen molar-refractivity contribution < 1.29 is 4.79 Å². The summed E-state index contributed by atoms with van der Waals surface area (Å²) < 4.78 is 2.04. The molecule has 2 heterocycles. The molecule has 2 N–H and O–H groups in total. The van der Waals surface area contributed by atoms with E-state index in [1.54, 1.807) is 0 Å². The second-order valence-corrected chi connectivity index (χ2v) is 7.05. The second-order valence-electron chi connectivity index (χ2n) is 7.05. The van der Waals surface area contributed by atoms with Gasteiger partial charge in [0.2, 0.25) is 5.91 Å². The first-order valence-corrected chi connectivity index (χ1v) is 8.41. The van der Waals surface area contributed by atoms with Gasteiger partial charge in [0.25, 0.3) is 0 Å². The molecule has 1 aliphatic heterocycles. The smallest absolute Gasteiger partial charge is 0.224 e. The summed E-state index contributed by atoms with van der Waals surface area (Å²) in [5, 5.41) is 11.1. The molecule has 0 aliphatic carbocycles. The number of aromatic nitrogens is 2. The molecule has 2 atom stereocenters. The molecular weight excluding hydrogens is 312 g/mol. The maximum absolute atomic E-state index is 12.4. The standard InChI is InChI=1S/C17H30N4O.ClH/c1-11(2)10-21-14(5)15(13(4)20-21)8-17(22)19-16-9-18-7-6-12(16)3;/h11-12,16,18H,6-10H2,1-5H3,(H,19,22);1H. The summed E-state index contributed by atoms with van der Waals surface area (Å²) in [6.07, 6.45) is 1.55. The normalized spacial score (nSPS) is 21.1. The molecule has 0 bridgehead atoms. The third-order valence-electron chi connectivity index (χ3n) is 4.58. The largest absolute Gasteiger partial charge is 0.352 e. The van der Waals surface area contributed by atoms with E-state index in [0.717, 1.165) is 43.0 Å². The van der Waals surface area contributed by atoms with E-state index in [0.29, 0.717) is 18.3 Å². The maximum atomic E-state index is 12.4. The fraction of sp³-hybridized carbons (Fsp3) is 0.765. The first-order valence-electron chi connectivity index (χ1n) is 8.41. The van der Waals surface area contributed by atoms with Crippen LogP contribution in [0.15, 0.2) is 0 Å². The lowest BCUT2D eigenvalue weighted by atomic mass is 9.94. The number of amides is 1. The summed E-state index contributed by atoms with van der Waals surface area (Å²) in [7, 11) is 0. The number of carbonyl (C=O) groups is 1. The van der Waals surface area contributed by atoms with Crippen molar-refractivity contribution in [2.24, 2.45) is 11.8 Å². The van der Waals surface area contributed by atoms with Crippen molar-refractivity contribution in [3.8, 4) is 0 Å². The van der Waals surface area contributed by atoms with E-state index in [1.165, 1.54) is 0 Å². The van der Waals surface area contributed by atoms with Crippen molar-refractivity contribution in [1.82, 2.24) is 20.4 Å². The minimum absolute atomic E-state index is 0.